The van der Waals surface area contributed by atoms with Crippen molar-refractivity contribution in [1.29, 1.82) is 0 Å². The van der Waals surface area contributed by atoms with Gasteiger partial charge in [-0.1, -0.05) is 18.2 Å². The van der Waals surface area contributed by atoms with Crippen LogP contribution < -0.4 is 11.1 Å². The lowest BCUT2D eigenvalue weighted by Gasteiger charge is -2.21. The number of carbonyl (C=O) groups excluding carboxylic acids is 1. The predicted octanol–water partition coefficient (Wildman–Crippen LogP) is 1.20. The molecule has 2 amide bonds. The van der Waals surface area contributed by atoms with Crippen LogP contribution in [0.15, 0.2) is 24.3 Å². The second-order valence-corrected chi connectivity index (χ2v) is 4.56. The topological polar surface area (TPSA) is 67.6 Å². The molecule has 0 bridgehead atoms. The highest BCUT2D eigenvalue weighted by Gasteiger charge is 2.19. The first-order valence-corrected chi connectivity index (χ1v) is 6.09. The van der Waals surface area contributed by atoms with Crippen LogP contribution in [-0.4, -0.2) is 37.2 Å². The summed E-state index contributed by atoms with van der Waals surface area (Å²) in [5.41, 5.74) is 7.52. The van der Waals surface area contributed by atoms with Crippen molar-refractivity contribution in [2.24, 2.45) is 0 Å². The van der Waals surface area contributed by atoms with E-state index >= 15 is 0 Å². The summed E-state index contributed by atoms with van der Waals surface area (Å²) in [5, 5.41) is 2.94. The molecule has 2 rings (SSSR count). The maximum Gasteiger partial charge on any atom is 0.317 e. The van der Waals surface area contributed by atoms with Crippen LogP contribution in [0.5, 0.6) is 0 Å². The van der Waals surface area contributed by atoms with Crippen LogP contribution in [-0.2, 0) is 11.3 Å². The van der Waals surface area contributed by atoms with Crippen molar-refractivity contribution in [2.75, 3.05) is 26.0 Å². The Balaban J connectivity index is 1.89. The lowest BCUT2D eigenvalue weighted by atomic mass is 10.2. The first-order chi connectivity index (χ1) is 8.66. The molecule has 5 nitrogen and oxygen atoms in total. The first-order valence-electron chi connectivity index (χ1n) is 6.09. The number of nitrogen functional groups attached to an aromatic ring is 1. The minimum Gasteiger partial charge on any atom is -0.398 e. The van der Waals surface area contributed by atoms with E-state index in [1.807, 2.05) is 24.3 Å². The van der Waals surface area contributed by atoms with E-state index in [0.29, 0.717) is 18.8 Å². The zero-order valence-electron chi connectivity index (χ0n) is 10.6. The number of nitrogens with one attached hydrogen (secondary N) is 1. The van der Waals surface area contributed by atoms with Crippen LogP contribution in [0, 0.1) is 0 Å². The minimum absolute atomic E-state index is 0.0891. The van der Waals surface area contributed by atoms with Gasteiger partial charge in [-0.3, -0.25) is 0 Å². The van der Waals surface area contributed by atoms with Gasteiger partial charge in [-0.2, -0.15) is 0 Å². The zero-order chi connectivity index (χ0) is 13.0. The van der Waals surface area contributed by atoms with E-state index in [9.17, 15) is 4.79 Å². The number of nitrogens with two attached hydrogens (primary N) is 1. The highest BCUT2D eigenvalue weighted by Crippen LogP contribution is 2.13. The molecule has 5 heteroatoms. The van der Waals surface area contributed by atoms with Crippen molar-refractivity contribution in [3.63, 3.8) is 0 Å². The van der Waals surface area contributed by atoms with Gasteiger partial charge in [0.2, 0.25) is 0 Å². The van der Waals surface area contributed by atoms with Crippen LogP contribution in [0.3, 0.4) is 0 Å². The van der Waals surface area contributed by atoms with Crippen molar-refractivity contribution in [3.8, 4) is 0 Å². The molecule has 1 unspecified atom stereocenters. The molecule has 1 aromatic carbocycles. The third-order valence-corrected chi connectivity index (χ3v) is 3.07. The van der Waals surface area contributed by atoms with Gasteiger partial charge in [0.15, 0.2) is 0 Å². The van der Waals surface area contributed by atoms with Crippen molar-refractivity contribution >= 4 is 11.7 Å². The lowest BCUT2D eigenvalue weighted by Crippen LogP contribution is -2.43. The zero-order valence-corrected chi connectivity index (χ0v) is 10.6. The molecule has 1 saturated heterocycles. The Labute approximate surface area is 107 Å². The number of rotatable bonds is 3. The molecule has 1 aliphatic rings. The maximum absolute atomic E-state index is 11.9. The smallest absolute Gasteiger partial charge is 0.317 e. The normalized spacial score (nSPS) is 18.6. The summed E-state index contributed by atoms with van der Waals surface area (Å²) in [7, 11) is 1.76. The molecule has 1 aromatic rings. The number of nitrogens with zero attached hydrogens (tertiary/aromatic N) is 1. The van der Waals surface area contributed by atoms with Gasteiger partial charge in [0.1, 0.15) is 0 Å². The predicted molar refractivity (Wildman–Crippen MR) is 70.1 cm³/mol. The maximum atomic E-state index is 11.9. The van der Waals surface area contributed by atoms with Crippen LogP contribution in [0.25, 0.3) is 0 Å². The molecule has 18 heavy (non-hydrogen) atoms. The quantitative estimate of drug-likeness (QED) is 0.791. The summed E-state index contributed by atoms with van der Waals surface area (Å²) in [6.45, 7) is 1.83. The summed E-state index contributed by atoms with van der Waals surface area (Å²) in [5.74, 6) is 0. The molecular weight excluding hydrogens is 230 g/mol. The number of para-hydroxylation sites is 1. The Hall–Kier alpha value is -1.75. The molecule has 0 aromatic heterocycles. The number of hydrogen-bond donors (Lipinski definition) is 2. The third-order valence-electron chi connectivity index (χ3n) is 3.07. The Bertz CT molecular complexity index is 416. The average Bonchev–Trinajstić information content (AvgIpc) is 2.84. The van der Waals surface area contributed by atoms with Crippen molar-refractivity contribution < 1.29 is 9.53 Å². The average molecular weight is 249 g/mol. The fourth-order valence-electron chi connectivity index (χ4n) is 1.94. The minimum atomic E-state index is -0.0891. The van der Waals surface area contributed by atoms with Gasteiger partial charge >= 0.3 is 6.03 Å². The van der Waals surface area contributed by atoms with Crippen molar-refractivity contribution in [1.82, 2.24) is 10.2 Å². The number of carbonyl (C=O) groups is 1. The summed E-state index contributed by atoms with van der Waals surface area (Å²) < 4.78 is 5.22. The van der Waals surface area contributed by atoms with Gasteiger partial charge in [0.25, 0.3) is 0 Å². The van der Waals surface area contributed by atoms with E-state index in [1.54, 1.807) is 11.9 Å². The van der Waals surface area contributed by atoms with Crippen LogP contribution in [0.2, 0.25) is 0 Å². The van der Waals surface area contributed by atoms with E-state index < -0.39 is 0 Å². The fourth-order valence-corrected chi connectivity index (χ4v) is 1.94. The van der Waals surface area contributed by atoms with E-state index in [-0.39, 0.29) is 12.1 Å². The number of anilines is 1. The fraction of sp³-hybridized carbons (Fsp3) is 0.462. The second-order valence-electron chi connectivity index (χ2n) is 4.56. The van der Waals surface area contributed by atoms with Crippen molar-refractivity contribution in [2.45, 2.75) is 19.0 Å². The standard InChI is InChI=1S/C13H19N3O2/c1-16(8-10-4-2-3-5-12(10)14)13(17)15-11-6-7-18-9-11/h2-5,11H,6-9,14H2,1H3,(H,15,17). The largest absolute Gasteiger partial charge is 0.398 e. The molecule has 0 radical (unpaired) electrons. The van der Waals surface area contributed by atoms with Gasteiger partial charge in [-0.25, -0.2) is 4.79 Å². The SMILES string of the molecule is CN(Cc1ccccc1N)C(=O)NC1CCOC1. The van der Waals surface area contributed by atoms with Gasteiger partial charge in [0.05, 0.1) is 12.6 Å². The highest BCUT2D eigenvalue weighted by molar-refractivity contribution is 5.74. The molecule has 0 saturated carbocycles. The van der Waals surface area contributed by atoms with Gasteiger partial charge in [-0.05, 0) is 18.1 Å². The molecule has 1 heterocycles. The number of ether oxygens (including phenoxy) is 1. The summed E-state index contributed by atoms with van der Waals surface area (Å²) in [4.78, 5) is 13.6. The summed E-state index contributed by atoms with van der Waals surface area (Å²) in [6.07, 6.45) is 0.882. The van der Waals surface area contributed by atoms with Crippen LogP contribution in [0.1, 0.15) is 12.0 Å². The number of amides is 2. The molecule has 1 atom stereocenters. The number of benzene rings is 1. The number of hydrogen-bond acceptors (Lipinski definition) is 3. The Kier molecular flexibility index (Phi) is 4.04. The number of urea groups is 1. The first kappa shape index (κ1) is 12.7. The Morgan fingerprint density at radius 3 is 3.00 bits per heavy atom. The molecule has 0 spiro atoms. The van der Waals surface area contributed by atoms with Gasteiger partial charge in [0, 0.05) is 25.9 Å². The molecular formula is C13H19N3O2. The second kappa shape index (κ2) is 5.73. The third kappa shape index (κ3) is 3.13. The van der Waals surface area contributed by atoms with E-state index in [2.05, 4.69) is 5.32 Å². The Morgan fingerprint density at radius 2 is 2.33 bits per heavy atom. The molecule has 98 valence electrons. The molecule has 1 aliphatic heterocycles. The molecule has 1 fully saturated rings. The summed E-state index contributed by atoms with van der Waals surface area (Å²) in [6, 6.07) is 7.61. The van der Waals surface area contributed by atoms with E-state index in [4.69, 9.17) is 10.5 Å². The Morgan fingerprint density at radius 1 is 1.56 bits per heavy atom. The van der Waals surface area contributed by atoms with Gasteiger partial charge < -0.3 is 20.7 Å². The van der Waals surface area contributed by atoms with E-state index in [1.165, 1.54) is 0 Å². The van der Waals surface area contributed by atoms with Crippen LogP contribution in [0.4, 0.5) is 10.5 Å². The highest BCUT2D eigenvalue weighted by atomic mass is 16.5. The molecule has 0 aliphatic carbocycles. The lowest BCUT2D eigenvalue weighted by molar-refractivity contribution is 0.181. The summed E-state index contributed by atoms with van der Waals surface area (Å²) >= 11 is 0. The van der Waals surface area contributed by atoms with Gasteiger partial charge in [-0.15, -0.1) is 0 Å². The van der Waals surface area contributed by atoms with Crippen LogP contribution >= 0.6 is 0 Å². The molecule has 3 N–H and O–H groups in total. The van der Waals surface area contributed by atoms with E-state index in [0.717, 1.165) is 18.6 Å². The monoisotopic (exact) mass is 249 g/mol. The van der Waals surface area contributed by atoms with Crippen molar-refractivity contribution in [3.05, 3.63) is 29.8 Å².